The second kappa shape index (κ2) is 5.14. The molecule has 0 radical (unpaired) electrons. The van der Waals surface area contributed by atoms with E-state index in [0.717, 1.165) is 16.8 Å². The molecule has 3 heterocycles. The molecule has 0 aliphatic carbocycles. The van der Waals surface area contributed by atoms with E-state index in [1.54, 1.807) is 6.92 Å². The molecule has 3 rings (SSSR count). The first kappa shape index (κ1) is 14.1. The van der Waals surface area contributed by atoms with E-state index in [1.165, 1.54) is 0 Å². The van der Waals surface area contributed by atoms with Gasteiger partial charge in [-0.3, -0.25) is 10.4 Å². The summed E-state index contributed by atoms with van der Waals surface area (Å²) in [6, 6.07) is 2.03. The summed E-state index contributed by atoms with van der Waals surface area (Å²) in [6.07, 6.45) is 0. The summed E-state index contributed by atoms with van der Waals surface area (Å²) in [7, 11) is 0. The predicted octanol–water partition coefficient (Wildman–Crippen LogP) is 2.54. The van der Waals surface area contributed by atoms with Gasteiger partial charge < -0.3 is 9.52 Å². The van der Waals surface area contributed by atoms with Gasteiger partial charge in [0.1, 0.15) is 17.3 Å². The minimum absolute atomic E-state index is 0.196. The molecule has 0 fully saturated rings. The molecule has 0 amide bonds. The van der Waals surface area contributed by atoms with E-state index in [4.69, 9.17) is 4.42 Å². The minimum Gasteiger partial charge on any atom is -0.506 e. The van der Waals surface area contributed by atoms with Crippen molar-refractivity contribution in [2.24, 2.45) is 0 Å². The monoisotopic (exact) mass is 300 g/mol. The standard InChI is InChI=1S/C14H16N6O2/c1-6-5-10(18-17-6)13-19-20-14(22-13)16-12-8(3)7(2)11(21)9(4)15-12/h5,21H,1-4H3,(H,17,18)(H,15,16,20). The highest BCUT2D eigenvalue weighted by atomic mass is 16.4. The Morgan fingerprint density at radius 3 is 2.59 bits per heavy atom. The van der Waals surface area contributed by atoms with Crippen molar-refractivity contribution in [3.63, 3.8) is 0 Å². The fourth-order valence-corrected chi connectivity index (χ4v) is 2.06. The molecule has 0 saturated heterocycles. The largest absolute Gasteiger partial charge is 0.506 e. The molecule has 0 saturated carbocycles. The summed E-state index contributed by atoms with van der Waals surface area (Å²) < 4.78 is 5.53. The van der Waals surface area contributed by atoms with Crippen LogP contribution in [0, 0.1) is 27.7 Å². The SMILES string of the molecule is Cc1cc(-c2nnc(Nc3nc(C)c(O)c(C)c3C)o2)n[nH]1. The van der Waals surface area contributed by atoms with E-state index >= 15 is 0 Å². The molecule has 3 aromatic heterocycles. The van der Waals surface area contributed by atoms with Crippen molar-refractivity contribution in [1.29, 1.82) is 0 Å². The van der Waals surface area contributed by atoms with Crippen LogP contribution in [-0.2, 0) is 0 Å². The normalized spacial score (nSPS) is 10.9. The average Bonchev–Trinajstić information content (AvgIpc) is 3.11. The fourth-order valence-electron chi connectivity index (χ4n) is 2.06. The van der Waals surface area contributed by atoms with Crippen molar-refractivity contribution in [2.75, 3.05) is 5.32 Å². The molecule has 0 aliphatic heterocycles. The fraction of sp³-hybridized carbons (Fsp3) is 0.286. The Balaban J connectivity index is 1.90. The van der Waals surface area contributed by atoms with Crippen molar-refractivity contribution in [3.8, 4) is 17.3 Å². The van der Waals surface area contributed by atoms with Crippen molar-refractivity contribution < 1.29 is 9.52 Å². The maximum Gasteiger partial charge on any atom is 0.321 e. The summed E-state index contributed by atoms with van der Waals surface area (Å²) in [5.41, 5.74) is 3.61. The Morgan fingerprint density at radius 1 is 1.14 bits per heavy atom. The first-order valence-electron chi connectivity index (χ1n) is 6.75. The number of aromatic amines is 1. The molecule has 114 valence electrons. The van der Waals surface area contributed by atoms with Crippen LogP contribution in [-0.4, -0.2) is 30.5 Å². The highest BCUT2D eigenvalue weighted by Gasteiger charge is 2.15. The van der Waals surface area contributed by atoms with E-state index in [2.05, 4.69) is 30.7 Å². The Bertz CT molecular complexity index is 836. The van der Waals surface area contributed by atoms with E-state index in [9.17, 15) is 5.11 Å². The lowest BCUT2D eigenvalue weighted by atomic mass is 10.1. The number of aromatic nitrogens is 5. The zero-order chi connectivity index (χ0) is 15.9. The van der Waals surface area contributed by atoms with Crippen LogP contribution in [0.5, 0.6) is 5.75 Å². The van der Waals surface area contributed by atoms with Gasteiger partial charge in [-0.2, -0.15) is 5.10 Å². The number of rotatable bonds is 3. The number of hydrogen-bond acceptors (Lipinski definition) is 7. The Hall–Kier alpha value is -2.90. The molecule has 0 spiro atoms. The van der Waals surface area contributed by atoms with Crippen LogP contribution in [0.2, 0.25) is 0 Å². The molecule has 8 nitrogen and oxygen atoms in total. The second-order valence-corrected chi connectivity index (χ2v) is 5.12. The lowest BCUT2D eigenvalue weighted by Crippen LogP contribution is -2.01. The molecule has 3 N–H and O–H groups in total. The number of anilines is 2. The number of nitrogens with zero attached hydrogens (tertiary/aromatic N) is 4. The zero-order valence-corrected chi connectivity index (χ0v) is 12.7. The molecule has 0 aliphatic rings. The summed E-state index contributed by atoms with van der Waals surface area (Å²) in [5.74, 6) is 1.08. The van der Waals surface area contributed by atoms with Crippen LogP contribution in [0.3, 0.4) is 0 Å². The van der Waals surface area contributed by atoms with Crippen LogP contribution in [0.1, 0.15) is 22.5 Å². The van der Waals surface area contributed by atoms with E-state index in [0.29, 0.717) is 23.1 Å². The van der Waals surface area contributed by atoms with Crippen molar-refractivity contribution in [1.82, 2.24) is 25.4 Å². The number of aryl methyl sites for hydroxylation is 2. The van der Waals surface area contributed by atoms with Crippen LogP contribution in [0.4, 0.5) is 11.8 Å². The number of aromatic hydroxyl groups is 1. The number of pyridine rings is 1. The van der Waals surface area contributed by atoms with E-state index < -0.39 is 0 Å². The highest BCUT2D eigenvalue weighted by Crippen LogP contribution is 2.29. The van der Waals surface area contributed by atoms with Crippen LogP contribution >= 0.6 is 0 Å². The molecule has 8 heteroatoms. The van der Waals surface area contributed by atoms with Crippen LogP contribution in [0.25, 0.3) is 11.6 Å². The van der Waals surface area contributed by atoms with Gasteiger partial charge >= 0.3 is 6.01 Å². The average molecular weight is 300 g/mol. The molecule has 0 unspecified atom stereocenters. The molecular formula is C14H16N6O2. The first-order valence-corrected chi connectivity index (χ1v) is 6.75. The smallest absolute Gasteiger partial charge is 0.321 e. The number of H-pyrrole nitrogens is 1. The molecule has 0 aromatic carbocycles. The lowest BCUT2D eigenvalue weighted by Gasteiger charge is -2.11. The van der Waals surface area contributed by atoms with Gasteiger partial charge in [0.2, 0.25) is 0 Å². The van der Waals surface area contributed by atoms with Gasteiger partial charge in [-0.1, -0.05) is 5.10 Å². The molecule has 0 bridgehead atoms. The van der Waals surface area contributed by atoms with Gasteiger partial charge in [-0.15, -0.1) is 5.10 Å². The highest BCUT2D eigenvalue weighted by molar-refractivity contribution is 5.59. The first-order chi connectivity index (χ1) is 10.5. The van der Waals surface area contributed by atoms with Gasteiger partial charge in [-0.25, -0.2) is 4.98 Å². The van der Waals surface area contributed by atoms with E-state index in [1.807, 2.05) is 26.8 Å². The number of nitrogens with one attached hydrogen (secondary N) is 2. The third kappa shape index (κ3) is 2.39. The topological polar surface area (TPSA) is 113 Å². The van der Waals surface area contributed by atoms with Crippen LogP contribution < -0.4 is 5.32 Å². The molecular weight excluding hydrogens is 284 g/mol. The summed E-state index contributed by atoms with van der Waals surface area (Å²) in [4.78, 5) is 4.30. The zero-order valence-electron chi connectivity index (χ0n) is 12.7. The Morgan fingerprint density at radius 2 is 1.91 bits per heavy atom. The summed E-state index contributed by atoms with van der Waals surface area (Å²) >= 11 is 0. The number of hydrogen-bond donors (Lipinski definition) is 3. The minimum atomic E-state index is 0.196. The molecule has 22 heavy (non-hydrogen) atoms. The Kier molecular flexibility index (Phi) is 3.28. The third-order valence-electron chi connectivity index (χ3n) is 3.47. The van der Waals surface area contributed by atoms with Crippen LogP contribution in [0.15, 0.2) is 10.5 Å². The molecule has 0 atom stereocenters. The summed E-state index contributed by atoms with van der Waals surface area (Å²) in [6.45, 7) is 7.31. The lowest BCUT2D eigenvalue weighted by molar-refractivity contribution is 0.463. The van der Waals surface area contributed by atoms with Gasteiger partial charge in [0.25, 0.3) is 5.89 Å². The maximum atomic E-state index is 9.88. The van der Waals surface area contributed by atoms with Gasteiger partial charge in [-0.05, 0) is 44.9 Å². The van der Waals surface area contributed by atoms with Gasteiger partial charge in [0.15, 0.2) is 0 Å². The quantitative estimate of drug-likeness (QED) is 0.681. The Labute approximate surface area is 126 Å². The van der Waals surface area contributed by atoms with E-state index in [-0.39, 0.29) is 11.8 Å². The van der Waals surface area contributed by atoms with Crippen molar-refractivity contribution in [2.45, 2.75) is 27.7 Å². The third-order valence-corrected chi connectivity index (χ3v) is 3.47. The van der Waals surface area contributed by atoms with Crippen molar-refractivity contribution >= 4 is 11.8 Å². The summed E-state index contributed by atoms with van der Waals surface area (Å²) in [5, 5.41) is 27.6. The molecule has 3 aromatic rings. The van der Waals surface area contributed by atoms with Gasteiger partial charge in [0.05, 0.1) is 5.69 Å². The van der Waals surface area contributed by atoms with Crippen molar-refractivity contribution in [3.05, 3.63) is 28.6 Å². The predicted molar refractivity (Wildman–Crippen MR) is 80.0 cm³/mol. The second-order valence-electron chi connectivity index (χ2n) is 5.12. The van der Waals surface area contributed by atoms with Gasteiger partial charge in [0, 0.05) is 5.69 Å². The maximum absolute atomic E-state index is 9.88.